The summed E-state index contributed by atoms with van der Waals surface area (Å²) in [5.41, 5.74) is 0.272. The SMILES string of the molecule is CCCNC(=O)c1ccc(NC(=O)c2ccccc2[N+](=O)[O-])cc1Cl. The Bertz CT molecular complexity index is 823. The second-order valence-corrected chi connectivity index (χ2v) is 5.59. The molecule has 0 bridgehead atoms. The second-order valence-electron chi connectivity index (χ2n) is 5.18. The van der Waals surface area contributed by atoms with E-state index in [9.17, 15) is 19.7 Å². The summed E-state index contributed by atoms with van der Waals surface area (Å²) in [6.07, 6.45) is 0.799. The molecule has 130 valence electrons. The molecule has 0 aliphatic heterocycles. The Labute approximate surface area is 149 Å². The zero-order valence-electron chi connectivity index (χ0n) is 13.4. The number of carbonyl (C=O) groups excluding carboxylic acids is 2. The van der Waals surface area contributed by atoms with E-state index in [0.29, 0.717) is 17.8 Å². The van der Waals surface area contributed by atoms with Crippen molar-refractivity contribution in [2.75, 3.05) is 11.9 Å². The van der Waals surface area contributed by atoms with Gasteiger partial charge in [0.1, 0.15) is 5.56 Å². The quantitative estimate of drug-likeness (QED) is 0.605. The summed E-state index contributed by atoms with van der Waals surface area (Å²) < 4.78 is 0. The number of hydrogen-bond acceptors (Lipinski definition) is 4. The molecule has 0 saturated heterocycles. The average molecular weight is 362 g/mol. The number of nitro benzene ring substituents is 1. The van der Waals surface area contributed by atoms with Crippen molar-refractivity contribution >= 4 is 34.8 Å². The van der Waals surface area contributed by atoms with E-state index in [1.165, 1.54) is 42.5 Å². The number of nitrogens with one attached hydrogen (secondary N) is 2. The minimum absolute atomic E-state index is 0.0617. The average Bonchev–Trinajstić information content (AvgIpc) is 2.59. The molecule has 0 aromatic heterocycles. The predicted molar refractivity (Wildman–Crippen MR) is 95.1 cm³/mol. The van der Waals surface area contributed by atoms with Gasteiger partial charge in [-0.2, -0.15) is 0 Å². The molecular formula is C17H16ClN3O4. The molecule has 0 spiro atoms. The molecule has 7 nitrogen and oxygen atoms in total. The number of para-hydroxylation sites is 1. The van der Waals surface area contributed by atoms with Crippen LogP contribution in [0.1, 0.15) is 34.1 Å². The van der Waals surface area contributed by atoms with Crippen LogP contribution in [-0.2, 0) is 0 Å². The van der Waals surface area contributed by atoms with Crippen LogP contribution in [0.3, 0.4) is 0 Å². The Balaban J connectivity index is 2.19. The number of rotatable bonds is 6. The molecule has 0 unspecified atom stereocenters. The first-order chi connectivity index (χ1) is 11.9. The minimum Gasteiger partial charge on any atom is -0.352 e. The molecule has 0 radical (unpaired) electrons. The number of amides is 2. The summed E-state index contributed by atoms with van der Waals surface area (Å²) >= 11 is 6.09. The number of nitro groups is 1. The van der Waals surface area contributed by atoms with Gasteiger partial charge in [0.25, 0.3) is 17.5 Å². The van der Waals surface area contributed by atoms with E-state index >= 15 is 0 Å². The summed E-state index contributed by atoms with van der Waals surface area (Å²) in [6, 6.07) is 10.1. The summed E-state index contributed by atoms with van der Waals surface area (Å²) in [6.45, 7) is 2.47. The minimum atomic E-state index is -0.633. The molecule has 2 N–H and O–H groups in total. The Morgan fingerprint density at radius 2 is 1.84 bits per heavy atom. The van der Waals surface area contributed by atoms with Gasteiger partial charge >= 0.3 is 0 Å². The van der Waals surface area contributed by atoms with Crippen molar-refractivity contribution in [2.45, 2.75) is 13.3 Å². The highest BCUT2D eigenvalue weighted by Crippen LogP contribution is 2.23. The molecule has 0 fully saturated rings. The van der Waals surface area contributed by atoms with Crippen molar-refractivity contribution in [3.8, 4) is 0 Å². The third-order valence-corrected chi connectivity index (χ3v) is 3.67. The smallest absolute Gasteiger partial charge is 0.282 e. The Morgan fingerprint density at radius 1 is 1.12 bits per heavy atom. The van der Waals surface area contributed by atoms with Gasteiger partial charge in [-0.1, -0.05) is 30.7 Å². The highest BCUT2D eigenvalue weighted by molar-refractivity contribution is 6.34. The fourth-order valence-corrected chi connectivity index (χ4v) is 2.40. The third-order valence-electron chi connectivity index (χ3n) is 3.35. The molecule has 2 aromatic rings. The van der Waals surface area contributed by atoms with Crippen LogP contribution in [0.2, 0.25) is 5.02 Å². The molecule has 25 heavy (non-hydrogen) atoms. The fraction of sp³-hybridized carbons (Fsp3) is 0.176. The van der Waals surface area contributed by atoms with Crippen LogP contribution >= 0.6 is 11.6 Å². The van der Waals surface area contributed by atoms with Crippen molar-refractivity contribution in [2.24, 2.45) is 0 Å². The van der Waals surface area contributed by atoms with E-state index in [0.717, 1.165) is 6.42 Å². The van der Waals surface area contributed by atoms with Crippen molar-refractivity contribution < 1.29 is 14.5 Å². The van der Waals surface area contributed by atoms with Crippen LogP contribution in [0.5, 0.6) is 0 Å². The summed E-state index contributed by atoms with van der Waals surface area (Å²) in [5, 5.41) is 16.4. The van der Waals surface area contributed by atoms with E-state index in [1.54, 1.807) is 0 Å². The normalized spacial score (nSPS) is 10.2. The molecule has 0 saturated carbocycles. The molecule has 0 heterocycles. The van der Waals surface area contributed by atoms with E-state index in [2.05, 4.69) is 10.6 Å². The van der Waals surface area contributed by atoms with Gasteiger partial charge in [0.15, 0.2) is 0 Å². The lowest BCUT2D eigenvalue weighted by atomic mass is 10.1. The molecule has 2 amide bonds. The highest BCUT2D eigenvalue weighted by Gasteiger charge is 2.19. The van der Waals surface area contributed by atoms with Crippen LogP contribution in [0.25, 0.3) is 0 Å². The number of anilines is 1. The topological polar surface area (TPSA) is 101 Å². The summed E-state index contributed by atoms with van der Waals surface area (Å²) in [4.78, 5) is 34.6. The monoisotopic (exact) mass is 361 g/mol. The van der Waals surface area contributed by atoms with Gasteiger partial charge in [0.05, 0.1) is 15.5 Å². The van der Waals surface area contributed by atoms with Crippen LogP contribution < -0.4 is 10.6 Å². The van der Waals surface area contributed by atoms with Gasteiger partial charge in [-0.05, 0) is 30.7 Å². The van der Waals surface area contributed by atoms with Gasteiger partial charge < -0.3 is 10.6 Å². The van der Waals surface area contributed by atoms with Crippen LogP contribution in [0, 0.1) is 10.1 Å². The number of hydrogen-bond donors (Lipinski definition) is 2. The Hall–Kier alpha value is -2.93. The third kappa shape index (κ3) is 4.54. The first-order valence-corrected chi connectivity index (χ1v) is 7.94. The molecule has 0 atom stereocenters. The maximum absolute atomic E-state index is 12.3. The number of carbonyl (C=O) groups is 2. The lowest BCUT2D eigenvalue weighted by Gasteiger charge is -2.09. The van der Waals surface area contributed by atoms with E-state index in [4.69, 9.17) is 11.6 Å². The van der Waals surface area contributed by atoms with E-state index < -0.39 is 10.8 Å². The molecule has 2 rings (SSSR count). The Morgan fingerprint density at radius 3 is 2.48 bits per heavy atom. The van der Waals surface area contributed by atoms with Crippen LogP contribution in [-0.4, -0.2) is 23.3 Å². The van der Waals surface area contributed by atoms with Gasteiger partial charge in [-0.3, -0.25) is 19.7 Å². The van der Waals surface area contributed by atoms with Crippen LogP contribution in [0.15, 0.2) is 42.5 Å². The summed E-state index contributed by atoms with van der Waals surface area (Å²) in [7, 11) is 0. The lowest BCUT2D eigenvalue weighted by Crippen LogP contribution is -2.24. The van der Waals surface area contributed by atoms with Crippen molar-refractivity contribution in [1.29, 1.82) is 0 Å². The zero-order valence-corrected chi connectivity index (χ0v) is 14.2. The number of nitrogens with zero attached hydrogens (tertiary/aromatic N) is 1. The van der Waals surface area contributed by atoms with Gasteiger partial charge in [-0.25, -0.2) is 0 Å². The predicted octanol–water partition coefficient (Wildman–Crippen LogP) is 3.64. The maximum Gasteiger partial charge on any atom is 0.282 e. The zero-order chi connectivity index (χ0) is 18.4. The first-order valence-electron chi connectivity index (χ1n) is 7.56. The fourth-order valence-electron chi connectivity index (χ4n) is 2.13. The lowest BCUT2D eigenvalue weighted by molar-refractivity contribution is -0.385. The van der Waals surface area contributed by atoms with E-state index in [1.807, 2.05) is 6.92 Å². The van der Waals surface area contributed by atoms with Crippen molar-refractivity contribution in [3.63, 3.8) is 0 Å². The highest BCUT2D eigenvalue weighted by atomic mass is 35.5. The van der Waals surface area contributed by atoms with Gasteiger partial charge in [0, 0.05) is 18.3 Å². The van der Waals surface area contributed by atoms with Crippen molar-refractivity contribution in [1.82, 2.24) is 5.32 Å². The standard InChI is InChI=1S/C17H16ClN3O4/c1-2-9-19-16(22)12-8-7-11(10-14(12)18)20-17(23)13-5-3-4-6-15(13)21(24)25/h3-8,10H,2,9H2,1H3,(H,19,22)(H,20,23). The van der Waals surface area contributed by atoms with Gasteiger partial charge in [0.2, 0.25) is 0 Å². The molecular weight excluding hydrogens is 346 g/mol. The largest absolute Gasteiger partial charge is 0.352 e. The van der Waals surface area contributed by atoms with Crippen LogP contribution in [0.4, 0.5) is 11.4 Å². The first kappa shape index (κ1) is 18.4. The van der Waals surface area contributed by atoms with E-state index in [-0.39, 0.29) is 22.2 Å². The Kier molecular flexibility index (Phi) is 6.08. The second kappa shape index (κ2) is 8.25. The van der Waals surface area contributed by atoms with Crippen molar-refractivity contribution in [3.05, 3.63) is 68.7 Å². The molecule has 8 heteroatoms. The van der Waals surface area contributed by atoms with Gasteiger partial charge in [-0.15, -0.1) is 0 Å². The summed E-state index contributed by atoms with van der Waals surface area (Å²) in [5.74, 6) is -0.935. The number of benzene rings is 2. The molecule has 2 aromatic carbocycles. The molecule has 0 aliphatic rings. The maximum atomic E-state index is 12.3. The number of halogens is 1. The molecule has 0 aliphatic carbocycles.